The maximum Gasteiger partial charge on any atom is 0.227 e. The molecule has 0 aliphatic carbocycles. The van der Waals surface area contributed by atoms with Crippen LogP contribution in [0.2, 0.25) is 5.02 Å². The first-order chi connectivity index (χ1) is 14.6. The summed E-state index contributed by atoms with van der Waals surface area (Å²) in [4.78, 5) is 16.8. The van der Waals surface area contributed by atoms with Gasteiger partial charge in [0.15, 0.2) is 0 Å². The lowest BCUT2D eigenvalue weighted by Crippen LogP contribution is -2.38. The molecule has 1 aliphatic heterocycles. The van der Waals surface area contributed by atoms with E-state index in [2.05, 4.69) is 10.3 Å². The Morgan fingerprint density at radius 1 is 1.27 bits per heavy atom. The smallest absolute Gasteiger partial charge is 0.227 e. The second-order valence-electron chi connectivity index (χ2n) is 7.41. The zero-order valence-electron chi connectivity index (χ0n) is 16.7. The van der Waals surface area contributed by atoms with Crippen LogP contribution in [0.5, 0.6) is 11.5 Å². The topological polar surface area (TPSA) is 60.5 Å². The highest BCUT2D eigenvalue weighted by atomic mass is 35.5. The molecule has 0 spiro atoms. The van der Waals surface area contributed by atoms with E-state index >= 15 is 0 Å². The van der Waals surface area contributed by atoms with Gasteiger partial charge in [-0.25, -0.2) is 0 Å². The standard InChI is InChI=1S/C24H23ClN2O3/c1-16(18-4-7-22(8-5-18)29-14-17-3-2-10-26-13-17)27-24(28)20-11-19-12-21(25)6-9-23(19)30-15-20/h2-10,12-13,16,20H,11,14-15H2,1H3,(H,27,28). The van der Waals surface area contributed by atoms with Crippen LogP contribution in [0.25, 0.3) is 0 Å². The van der Waals surface area contributed by atoms with Gasteiger partial charge in [0.2, 0.25) is 5.91 Å². The average molecular weight is 423 g/mol. The van der Waals surface area contributed by atoms with E-state index in [4.69, 9.17) is 21.1 Å². The van der Waals surface area contributed by atoms with Crippen LogP contribution in [-0.4, -0.2) is 17.5 Å². The molecule has 1 aliphatic rings. The molecule has 5 nitrogen and oxygen atoms in total. The number of rotatable bonds is 6. The number of halogens is 1. The van der Waals surface area contributed by atoms with E-state index in [1.54, 1.807) is 18.5 Å². The summed E-state index contributed by atoms with van der Waals surface area (Å²) in [6, 6.07) is 17.0. The molecule has 1 aromatic heterocycles. The molecule has 1 N–H and O–H groups in total. The van der Waals surface area contributed by atoms with Crippen molar-refractivity contribution < 1.29 is 14.3 Å². The van der Waals surface area contributed by atoms with Gasteiger partial charge in [-0.3, -0.25) is 9.78 Å². The largest absolute Gasteiger partial charge is 0.492 e. The van der Waals surface area contributed by atoms with Crippen LogP contribution in [0, 0.1) is 5.92 Å². The number of carbonyl (C=O) groups excluding carboxylic acids is 1. The van der Waals surface area contributed by atoms with Crippen LogP contribution < -0.4 is 14.8 Å². The van der Waals surface area contributed by atoms with Crippen molar-refractivity contribution in [2.24, 2.45) is 5.92 Å². The van der Waals surface area contributed by atoms with Gasteiger partial charge in [-0.2, -0.15) is 0 Å². The lowest BCUT2D eigenvalue weighted by molar-refractivity contribution is -0.126. The van der Waals surface area contributed by atoms with Crippen LogP contribution in [0.3, 0.4) is 0 Å². The number of hydrogen-bond acceptors (Lipinski definition) is 4. The minimum Gasteiger partial charge on any atom is -0.492 e. The summed E-state index contributed by atoms with van der Waals surface area (Å²) >= 11 is 6.07. The molecule has 154 valence electrons. The average Bonchev–Trinajstić information content (AvgIpc) is 2.78. The highest BCUT2D eigenvalue weighted by molar-refractivity contribution is 6.30. The molecule has 2 atom stereocenters. The van der Waals surface area contributed by atoms with Crippen molar-refractivity contribution in [3.8, 4) is 11.5 Å². The number of carbonyl (C=O) groups is 1. The van der Waals surface area contributed by atoms with E-state index in [-0.39, 0.29) is 17.9 Å². The highest BCUT2D eigenvalue weighted by Crippen LogP contribution is 2.30. The van der Waals surface area contributed by atoms with Crippen molar-refractivity contribution in [1.82, 2.24) is 10.3 Å². The third-order valence-corrected chi connectivity index (χ3v) is 5.40. The van der Waals surface area contributed by atoms with Crippen LogP contribution >= 0.6 is 11.6 Å². The first-order valence-electron chi connectivity index (χ1n) is 9.92. The molecule has 0 fully saturated rings. The quantitative estimate of drug-likeness (QED) is 0.623. The van der Waals surface area contributed by atoms with Gasteiger partial charge in [0.25, 0.3) is 0 Å². The first-order valence-corrected chi connectivity index (χ1v) is 10.3. The van der Waals surface area contributed by atoms with E-state index in [9.17, 15) is 4.79 Å². The number of amides is 1. The van der Waals surface area contributed by atoms with E-state index in [0.29, 0.717) is 24.7 Å². The molecule has 0 radical (unpaired) electrons. The fourth-order valence-corrected chi connectivity index (χ4v) is 3.64. The van der Waals surface area contributed by atoms with Crippen molar-refractivity contribution in [3.63, 3.8) is 0 Å². The predicted octanol–water partition coefficient (Wildman–Crippen LogP) is 4.74. The Labute approximate surface area is 181 Å². The molecule has 0 saturated carbocycles. The summed E-state index contributed by atoms with van der Waals surface area (Å²) in [5.41, 5.74) is 2.99. The third kappa shape index (κ3) is 4.92. The van der Waals surface area contributed by atoms with Crippen molar-refractivity contribution in [2.75, 3.05) is 6.61 Å². The summed E-state index contributed by atoms with van der Waals surface area (Å²) in [5, 5.41) is 3.74. The zero-order chi connectivity index (χ0) is 20.9. The van der Waals surface area contributed by atoms with E-state index in [1.165, 1.54) is 0 Å². The number of ether oxygens (including phenoxy) is 2. The van der Waals surface area contributed by atoms with Crippen LogP contribution in [0.1, 0.15) is 29.7 Å². The van der Waals surface area contributed by atoms with Gasteiger partial charge in [-0.1, -0.05) is 29.8 Å². The Morgan fingerprint density at radius 3 is 2.87 bits per heavy atom. The predicted molar refractivity (Wildman–Crippen MR) is 116 cm³/mol. The number of aromatic nitrogens is 1. The SMILES string of the molecule is CC(NC(=O)C1COc2ccc(Cl)cc2C1)c1ccc(OCc2cccnc2)cc1. The van der Waals surface area contributed by atoms with Crippen LogP contribution in [-0.2, 0) is 17.8 Å². The lowest BCUT2D eigenvalue weighted by Gasteiger charge is -2.26. The number of nitrogens with zero attached hydrogens (tertiary/aromatic N) is 1. The number of hydrogen-bond donors (Lipinski definition) is 1. The zero-order valence-corrected chi connectivity index (χ0v) is 17.4. The summed E-state index contributed by atoms with van der Waals surface area (Å²) in [6.45, 7) is 2.80. The fraction of sp³-hybridized carbons (Fsp3) is 0.250. The molecule has 0 bridgehead atoms. The monoisotopic (exact) mass is 422 g/mol. The normalized spacial score (nSPS) is 16.1. The molecule has 6 heteroatoms. The summed E-state index contributed by atoms with van der Waals surface area (Å²) in [7, 11) is 0. The van der Waals surface area contributed by atoms with Crippen molar-refractivity contribution in [1.29, 1.82) is 0 Å². The van der Waals surface area contributed by atoms with Gasteiger partial charge in [0.05, 0.1) is 12.0 Å². The molecule has 30 heavy (non-hydrogen) atoms. The first kappa shape index (κ1) is 20.2. The minimum absolute atomic E-state index is 0.0231. The number of fused-ring (bicyclic) bond motifs is 1. The molecule has 4 rings (SSSR count). The summed E-state index contributed by atoms with van der Waals surface area (Å²) < 4.78 is 11.5. The highest BCUT2D eigenvalue weighted by Gasteiger charge is 2.27. The second kappa shape index (κ2) is 9.18. The number of benzene rings is 2. The fourth-order valence-electron chi connectivity index (χ4n) is 3.45. The van der Waals surface area contributed by atoms with Gasteiger partial charge in [-0.15, -0.1) is 0 Å². The Balaban J connectivity index is 1.32. The van der Waals surface area contributed by atoms with Gasteiger partial charge in [0.1, 0.15) is 24.7 Å². The number of nitrogens with one attached hydrogen (secondary N) is 1. The van der Waals surface area contributed by atoms with Crippen molar-refractivity contribution in [2.45, 2.75) is 26.0 Å². The Morgan fingerprint density at radius 2 is 2.10 bits per heavy atom. The molecular formula is C24H23ClN2O3. The molecule has 0 saturated heterocycles. The molecule has 2 heterocycles. The minimum atomic E-state index is -0.236. The van der Waals surface area contributed by atoms with Gasteiger partial charge in [-0.05, 0) is 60.9 Å². The molecule has 3 aromatic rings. The summed E-state index contributed by atoms with van der Waals surface area (Å²) in [6.07, 6.45) is 4.14. The third-order valence-electron chi connectivity index (χ3n) is 5.17. The van der Waals surface area contributed by atoms with Crippen LogP contribution in [0.4, 0.5) is 0 Å². The Kier molecular flexibility index (Phi) is 6.19. The maximum atomic E-state index is 12.7. The summed E-state index contributed by atoms with van der Waals surface area (Å²) in [5.74, 6) is 1.32. The van der Waals surface area contributed by atoms with E-state index in [0.717, 1.165) is 28.2 Å². The molecule has 2 unspecified atom stereocenters. The van der Waals surface area contributed by atoms with Gasteiger partial charge in [0, 0.05) is 23.0 Å². The van der Waals surface area contributed by atoms with E-state index < -0.39 is 0 Å². The lowest BCUT2D eigenvalue weighted by atomic mass is 9.95. The molecular weight excluding hydrogens is 400 g/mol. The molecule has 1 amide bonds. The Hall–Kier alpha value is -3.05. The van der Waals surface area contributed by atoms with Gasteiger partial charge >= 0.3 is 0 Å². The van der Waals surface area contributed by atoms with E-state index in [1.807, 2.05) is 55.5 Å². The number of pyridine rings is 1. The van der Waals surface area contributed by atoms with Crippen LogP contribution in [0.15, 0.2) is 67.0 Å². The second-order valence-corrected chi connectivity index (χ2v) is 7.85. The molecule has 2 aromatic carbocycles. The Bertz CT molecular complexity index is 1010. The van der Waals surface area contributed by atoms with Crippen molar-refractivity contribution in [3.05, 3.63) is 88.7 Å². The van der Waals surface area contributed by atoms with Crippen molar-refractivity contribution >= 4 is 17.5 Å². The van der Waals surface area contributed by atoms with Gasteiger partial charge < -0.3 is 14.8 Å². The maximum absolute atomic E-state index is 12.7.